The number of likely N-dealkylation sites (N-methyl/N-ethyl adjacent to an activating group) is 1. The number of aliphatic hydroxyl groups is 6. The first-order valence-electron chi connectivity index (χ1n) is 28.9. The minimum atomic E-state index is -2.09. The molecular weight excluding hydrogens is 1150 g/mol. The summed E-state index contributed by atoms with van der Waals surface area (Å²) in [4.78, 5) is 120. The Hall–Kier alpha value is -7.83. The zero-order valence-electron chi connectivity index (χ0n) is 48.7. The van der Waals surface area contributed by atoms with Gasteiger partial charge in [0.1, 0.15) is 47.0 Å². The number of β-amino-alcohol motifs (C(OH)–C–C–N with tert-alkyl or cyclic N) is 1. The van der Waals surface area contributed by atoms with Crippen molar-refractivity contribution in [2.45, 2.75) is 139 Å². The van der Waals surface area contributed by atoms with Gasteiger partial charge in [-0.3, -0.25) is 38.4 Å². The molecule has 87 heavy (non-hydrogen) atoms. The molecule has 3 aliphatic heterocycles. The number of carbonyl (C=O) groups is 8. The fourth-order valence-electron chi connectivity index (χ4n) is 10.4. The van der Waals surface area contributed by atoms with E-state index in [1.807, 2.05) is 24.3 Å². The lowest BCUT2D eigenvalue weighted by atomic mass is 9.98. The third kappa shape index (κ3) is 17.0. The molecule has 4 heterocycles. The Kier molecular flexibility index (Phi) is 23.5. The summed E-state index contributed by atoms with van der Waals surface area (Å²) in [7, 11) is 1.36. The number of aliphatic hydroxyl groups excluding tert-OH is 6. The number of nitrogens with zero attached hydrogens (tertiary/aromatic N) is 3. The second-order valence-corrected chi connectivity index (χ2v) is 23.1. The van der Waals surface area contributed by atoms with Gasteiger partial charge in [-0.05, 0) is 86.0 Å². The molecule has 0 radical (unpaired) electrons. The SMILES string of the molecule is CCCCCOc1ccc(-c2ncc(-c3ccc(C(=O)N[C@H]4C[C@@H](O)CNC(=O)[C@@H]5[C@@H](O)[C@@H](C)CN5C(=O)[C@H]([C@H](O)CCN)NC(=O)[C@H]([C@H](O)Cc5ccc(O)c(OCC(=O)NC)c5)NC(=O)[C@@H]5C[C@@H](O)CN5C(=O)[C@H]([C@@H](C)O)NC4=O)cc3)s2)cc1. The van der Waals surface area contributed by atoms with Crippen molar-refractivity contribution in [3.8, 4) is 38.3 Å². The third-order valence-corrected chi connectivity index (χ3v) is 16.5. The smallest absolute Gasteiger partial charge is 0.257 e. The van der Waals surface area contributed by atoms with E-state index in [0.717, 1.165) is 57.2 Å². The van der Waals surface area contributed by atoms with Crippen LogP contribution in [-0.2, 0) is 40.0 Å². The van der Waals surface area contributed by atoms with E-state index in [1.165, 1.54) is 55.6 Å². The summed E-state index contributed by atoms with van der Waals surface area (Å²) in [6.45, 7) is 3.15. The van der Waals surface area contributed by atoms with Gasteiger partial charge >= 0.3 is 0 Å². The highest BCUT2D eigenvalue weighted by molar-refractivity contribution is 7.18. The van der Waals surface area contributed by atoms with Crippen molar-refractivity contribution in [2.75, 3.05) is 46.4 Å². The van der Waals surface area contributed by atoms with Crippen LogP contribution in [0.1, 0.15) is 75.2 Å². The predicted molar refractivity (Wildman–Crippen MR) is 314 cm³/mol. The first kappa shape index (κ1) is 66.7. The van der Waals surface area contributed by atoms with Crippen LogP contribution in [0.4, 0.5) is 0 Å². The summed E-state index contributed by atoms with van der Waals surface area (Å²) in [6.07, 6.45) is -7.26. The number of fused-ring (bicyclic) bond motifs is 2. The average Bonchev–Trinajstić information content (AvgIpc) is 2.12. The Balaban J connectivity index is 1.18. The van der Waals surface area contributed by atoms with Crippen LogP contribution in [-0.4, -0.2) is 217 Å². The van der Waals surface area contributed by atoms with Gasteiger partial charge in [0.2, 0.25) is 35.4 Å². The third-order valence-electron chi connectivity index (χ3n) is 15.4. The Labute approximate surface area is 506 Å². The fraction of sp³-hybridized carbons (Fsp3) is 0.508. The lowest BCUT2D eigenvalue weighted by Crippen LogP contribution is -2.64. The highest BCUT2D eigenvalue weighted by Crippen LogP contribution is 2.34. The van der Waals surface area contributed by atoms with Crippen molar-refractivity contribution in [3.05, 3.63) is 84.1 Å². The number of nitrogens with one attached hydrogen (secondary N) is 6. The molecule has 3 aliphatic rings. The van der Waals surface area contributed by atoms with E-state index in [0.29, 0.717) is 12.2 Å². The van der Waals surface area contributed by atoms with Crippen molar-refractivity contribution in [3.63, 3.8) is 0 Å². The number of ether oxygens (including phenoxy) is 2. The van der Waals surface area contributed by atoms with Gasteiger partial charge in [-0.1, -0.05) is 44.9 Å². The summed E-state index contributed by atoms with van der Waals surface area (Å²) >= 11 is 1.41. The van der Waals surface area contributed by atoms with Gasteiger partial charge in [0.25, 0.3) is 11.8 Å². The summed E-state index contributed by atoms with van der Waals surface area (Å²) in [5.74, 6) is -8.85. The number of aromatic hydroxyl groups is 1. The molecule has 15 N–H and O–H groups in total. The van der Waals surface area contributed by atoms with Crippen molar-refractivity contribution in [2.24, 2.45) is 11.7 Å². The van der Waals surface area contributed by atoms with Crippen molar-refractivity contribution >= 4 is 58.6 Å². The molecule has 0 aliphatic carbocycles. The van der Waals surface area contributed by atoms with Gasteiger partial charge < -0.3 is 92.7 Å². The number of phenols is 1. The Morgan fingerprint density at radius 1 is 0.793 bits per heavy atom. The van der Waals surface area contributed by atoms with Crippen LogP contribution >= 0.6 is 11.3 Å². The van der Waals surface area contributed by atoms with Crippen LogP contribution in [0.25, 0.3) is 21.0 Å². The lowest BCUT2D eigenvalue weighted by Gasteiger charge is -2.34. The highest BCUT2D eigenvalue weighted by atomic mass is 32.1. The van der Waals surface area contributed by atoms with E-state index in [-0.39, 0.29) is 36.4 Å². The number of unbranched alkanes of at least 4 members (excludes halogenated alkanes) is 2. The summed E-state index contributed by atoms with van der Waals surface area (Å²) in [5, 5.41) is 94.4. The molecule has 1 aromatic heterocycles. The van der Waals surface area contributed by atoms with Crippen molar-refractivity contribution in [1.29, 1.82) is 0 Å². The topological polar surface area (TPSA) is 414 Å². The summed E-state index contributed by atoms with van der Waals surface area (Å²) < 4.78 is 11.3. The minimum Gasteiger partial charge on any atom is -0.504 e. The van der Waals surface area contributed by atoms with E-state index in [9.17, 15) is 74.1 Å². The lowest BCUT2D eigenvalue weighted by molar-refractivity contribution is -0.147. The number of benzene rings is 3. The molecule has 0 spiro atoms. The number of nitrogens with two attached hydrogens (primary N) is 1. The number of amides is 8. The van der Waals surface area contributed by atoms with Gasteiger partial charge in [-0.2, -0.15) is 0 Å². The molecule has 0 unspecified atom stereocenters. The monoisotopic (exact) mass is 1230 g/mol. The van der Waals surface area contributed by atoms with Gasteiger partial charge in [-0.25, -0.2) is 4.98 Å². The molecule has 13 atom stereocenters. The van der Waals surface area contributed by atoms with Gasteiger partial charge in [-0.15, -0.1) is 11.3 Å². The number of carbonyl (C=O) groups excluding carboxylic acids is 8. The quantitative estimate of drug-likeness (QED) is 0.0459. The molecule has 4 aromatic rings. The van der Waals surface area contributed by atoms with Crippen LogP contribution < -0.4 is 47.1 Å². The minimum absolute atomic E-state index is 0.0547. The molecule has 3 saturated heterocycles. The number of hydrogen-bond donors (Lipinski definition) is 14. The zero-order chi connectivity index (χ0) is 63.2. The van der Waals surface area contributed by atoms with Gasteiger partial charge in [0, 0.05) is 69.2 Å². The number of rotatable bonds is 19. The molecule has 7 rings (SSSR count). The van der Waals surface area contributed by atoms with Crippen LogP contribution in [0.15, 0.2) is 72.9 Å². The normalized spacial score (nSPS) is 25.3. The summed E-state index contributed by atoms with van der Waals surface area (Å²) in [5.41, 5.74) is 7.60. The van der Waals surface area contributed by atoms with E-state index in [1.54, 1.807) is 18.3 Å². The maximum Gasteiger partial charge on any atom is 0.257 e. The molecule has 3 fully saturated rings. The molecule has 28 heteroatoms. The summed E-state index contributed by atoms with van der Waals surface area (Å²) in [6, 6.07) is 6.61. The van der Waals surface area contributed by atoms with Crippen molar-refractivity contribution < 1.29 is 83.6 Å². The highest BCUT2D eigenvalue weighted by Gasteiger charge is 2.50. The maximum absolute atomic E-state index is 14.7. The first-order valence-corrected chi connectivity index (χ1v) is 29.7. The van der Waals surface area contributed by atoms with Gasteiger partial charge in [0.15, 0.2) is 18.1 Å². The Morgan fingerprint density at radius 3 is 2.15 bits per heavy atom. The standard InChI is InChI=1S/C59H78N10O17S/c1-5-6-7-20-85-38-15-13-35(14-16-38)57-63-26-45(87-57)33-9-11-34(12-10-33)52(78)64-39-23-36(71)25-62-56(82)50-51(77)30(2)27-69(50)59(84)49(42(74)18-19-60)67-55(81)48(43(75)21-32-8-17-41(73)44(22-32)86-29-46(76)61-4)66-54(80)40-24-37(72)28-68(40)58(83)47(31(3)70)65-53(39)79/h8-17,22,26,30-31,36-37,39-40,42-43,47-51,70-75,77H,5-7,18-21,23-25,27-29,60H2,1-4H3,(H,61,76)(H,62,82)(H,64,78)(H,65,79)(H,66,80)(H,67,81)/t30-,31+,36+,37+,39-,40-,42+,43+,47-,48-,49-,50-,51-/m0/s1. The average molecular weight is 1230 g/mol. The van der Waals surface area contributed by atoms with Crippen LogP contribution in [0.2, 0.25) is 0 Å². The maximum atomic E-state index is 14.7. The zero-order valence-corrected chi connectivity index (χ0v) is 49.5. The molecule has 27 nitrogen and oxygen atoms in total. The number of thiazole rings is 1. The van der Waals surface area contributed by atoms with Crippen LogP contribution in [0.3, 0.4) is 0 Å². The van der Waals surface area contributed by atoms with Crippen LogP contribution in [0, 0.1) is 5.92 Å². The second kappa shape index (κ2) is 30.7. The Bertz CT molecular complexity index is 3060. The number of aromatic nitrogens is 1. The molecule has 8 amide bonds. The van der Waals surface area contributed by atoms with Crippen LogP contribution in [0.5, 0.6) is 17.2 Å². The fourth-order valence-corrected chi connectivity index (χ4v) is 11.4. The second-order valence-electron chi connectivity index (χ2n) is 22.0. The molecular formula is C59H78N10O17S. The van der Waals surface area contributed by atoms with E-state index in [4.69, 9.17) is 15.2 Å². The molecule has 472 valence electrons. The van der Waals surface area contributed by atoms with E-state index >= 15 is 0 Å². The Morgan fingerprint density at radius 2 is 1.47 bits per heavy atom. The molecule has 0 saturated carbocycles. The van der Waals surface area contributed by atoms with E-state index in [2.05, 4.69) is 43.8 Å². The number of phenolic OH excluding ortho intramolecular Hbond substituents is 1. The largest absolute Gasteiger partial charge is 0.504 e. The van der Waals surface area contributed by atoms with E-state index < -0.39 is 171 Å². The number of hydrogen-bond acceptors (Lipinski definition) is 20. The molecule has 3 aromatic carbocycles. The first-order chi connectivity index (χ1) is 41.5. The molecule has 0 bridgehead atoms. The van der Waals surface area contributed by atoms with Gasteiger partial charge in [0.05, 0.1) is 48.1 Å². The predicted octanol–water partition coefficient (Wildman–Crippen LogP) is -1.83. The van der Waals surface area contributed by atoms with Crippen molar-refractivity contribution in [1.82, 2.24) is 46.7 Å².